The summed E-state index contributed by atoms with van der Waals surface area (Å²) < 4.78 is 7.13. The van der Waals surface area contributed by atoms with Crippen molar-refractivity contribution in [3.63, 3.8) is 0 Å². The first kappa shape index (κ1) is 17.1. The molecule has 4 rings (SSSR count). The summed E-state index contributed by atoms with van der Waals surface area (Å²) >= 11 is 7.37. The molecule has 1 fully saturated rings. The smallest absolute Gasteiger partial charge is 0.275 e. The Labute approximate surface area is 159 Å². The molecule has 3 aromatic rings. The van der Waals surface area contributed by atoms with Crippen molar-refractivity contribution in [2.24, 2.45) is 7.05 Å². The highest BCUT2D eigenvalue weighted by Crippen LogP contribution is 2.32. The minimum atomic E-state index is -0.289. The van der Waals surface area contributed by atoms with Crippen LogP contribution in [-0.4, -0.2) is 32.5 Å². The van der Waals surface area contributed by atoms with Gasteiger partial charge in [0, 0.05) is 24.2 Å². The Morgan fingerprint density at radius 1 is 1.38 bits per heavy atom. The minimum Gasteiger partial charge on any atom is -0.371 e. The molecule has 1 aliphatic rings. The van der Waals surface area contributed by atoms with Crippen LogP contribution in [0.4, 0.5) is 5.13 Å². The molecule has 0 saturated carbocycles. The third-order valence-corrected chi connectivity index (χ3v) is 5.26. The second kappa shape index (κ2) is 7.14. The van der Waals surface area contributed by atoms with E-state index in [0.29, 0.717) is 21.5 Å². The molecule has 7 nitrogen and oxygen atoms in total. The number of nitrogens with one attached hydrogen (secondary N) is 1. The SMILES string of the molecule is Cn1nc(-c2cccc(Cl)c2)cc1C(=O)Nc1nnc([C@@H]2CCCO2)s1. The van der Waals surface area contributed by atoms with Gasteiger partial charge in [0.15, 0.2) is 0 Å². The maximum atomic E-state index is 12.6. The quantitative estimate of drug-likeness (QED) is 0.735. The Bertz CT molecular complexity index is 948. The summed E-state index contributed by atoms with van der Waals surface area (Å²) in [6, 6.07) is 9.07. The molecule has 1 saturated heterocycles. The second-order valence-corrected chi connectivity index (χ2v) is 7.40. The van der Waals surface area contributed by atoms with E-state index in [2.05, 4.69) is 20.6 Å². The van der Waals surface area contributed by atoms with Crippen molar-refractivity contribution in [3.05, 3.63) is 46.1 Å². The summed E-state index contributed by atoms with van der Waals surface area (Å²) in [6.45, 7) is 0.743. The van der Waals surface area contributed by atoms with Crippen LogP contribution in [0.3, 0.4) is 0 Å². The van der Waals surface area contributed by atoms with Crippen LogP contribution < -0.4 is 5.32 Å². The molecule has 9 heteroatoms. The number of hydrogen-bond donors (Lipinski definition) is 1. The lowest BCUT2D eigenvalue weighted by atomic mass is 10.1. The van der Waals surface area contributed by atoms with E-state index in [9.17, 15) is 4.79 Å². The van der Waals surface area contributed by atoms with Crippen LogP contribution in [0.25, 0.3) is 11.3 Å². The highest BCUT2D eigenvalue weighted by atomic mass is 35.5. The summed E-state index contributed by atoms with van der Waals surface area (Å²) in [6.07, 6.45) is 1.95. The summed E-state index contributed by atoms with van der Waals surface area (Å²) in [5.74, 6) is -0.289. The molecule has 0 radical (unpaired) electrons. The van der Waals surface area contributed by atoms with Gasteiger partial charge in [-0.25, -0.2) is 0 Å². The van der Waals surface area contributed by atoms with Crippen LogP contribution in [0.15, 0.2) is 30.3 Å². The van der Waals surface area contributed by atoms with Crippen molar-refractivity contribution < 1.29 is 9.53 Å². The van der Waals surface area contributed by atoms with E-state index in [1.165, 1.54) is 16.0 Å². The first-order valence-corrected chi connectivity index (χ1v) is 9.36. The average Bonchev–Trinajstić information content (AvgIpc) is 3.34. The van der Waals surface area contributed by atoms with Crippen molar-refractivity contribution in [2.45, 2.75) is 18.9 Å². The molecular weight excluding hydrogens is 374 g/mol. The highest BCUT2D eigenvalue weighted by molar-refractivity contribution is 7.15. The lowest BCUT2D eigenvalue weighted by molar-refractivity contribution is 0.101. The van der Waals surface area contributed by atoms with Crippen LogP contribution in [0.2, 0.25) is 5.02 Å². The maximum Gasteiger partial charge on any atom is 0.275 e. The number of anilines is 1. The Balaban J connectivity index is 1.51. The monoisotopic (exact) mass is 389 g/mol. The third kappa shape index (κ3) is 3.48. The van der Waals surface area contributed by atoms with Gasteiger partial charge in [-0.15, -0.1) is 10.2 Å². The molecule has 0 spiro atoms. The number of aryl methyl sites for hydroxylation is 1. The highest BCUT2D eigenvalue weighted by Gasteiger charge is 2.23. The summed E-state index contributed by atoms with van der Waals surface area (Å²) in [7, 11) is 1.72. The van der Waals surface area contributed by atoms with E-state index in [1.54, 1.807) is 19.2 Å². The summed E-state index contributed by atoms with van der Waals surface area (Å²) in [4.78, 5) is 12.6. The summed E-state index contributed by atoms with van der Waals surface area (Å²) in [5, 5.41) is 17.2. The molecular formula is C17H16ClN5O2S. The zero-order chi connectivity index (χ0) is 18.1. The Kier molecular flexibility index (Phi) is 4.71. The van der Waals surface area contributed by atoms with Gasteiger partial charge in [-0.1, -0.05) is 35.1 Å². The van der Waals surface area contributed by atoms with Crippen LogP contribution in [0.1, 0.15) is 34.4 Å². The van der Waals surface area contributed by atoms with E-state index in [4.69, 9.17) is 16.3 Å². The van der Waals surface area contributed by atoms with Crippen LogP contribution in [-0.2, 0) is 11.8 Å². The van der Waals surface area contributed by atoms with E-state index < -0.39 is 0 Å². The number of ether oxygens (including phenoxy) is 1. The largest absolute Gasteiger partial charge is 0.371 e. The lowest BCUT2D eigenvalue weighted by Crippen LogP contribution is -2.15. The van der Waals surface area contributed by atoms with Gasteiger partial charge in [0.2, 0.25) is 5.13 Å². The van der Waals surface area contributed by atoms with E-state index in [0.717, 1.165) is 30.0 Å². The molecule has 0 unspecified atom stereocenters. The number of rotatable bonds is 4. The van der Waals surface area contributed by atoms with E-state index in [1.807, 2.05) is 18.2 Å². The van der Waals surface area contributed by atoms with Gasteiger partial charge in [0.25, 0.3) is 5.91 Å². The van der Waals surface area contributed by atoms with Crippen molar-refractivity contribution in [1.29, 1.82) is 0 Å². The first-order chi connectivity index (χ1) is 12.6. The lowest BCUT2D eigenvalue weighted by Gasteiger charge is -2.02. The van der Waals surface area contributed by atoms with Gasteiger partial charge in [-0.3, -0.25) is 14.8 Å². The van der Waals surface area contributed by atoms with Crippen LogP contribution in [0.5, 0.6) is 0 Å². The minimum absolute atomic E-state index is 0.00992. The maximum absolute atomic E-state index is 12.6. The molecule has 0 bridgehead atoms. The van der Waals surface area contributed by atoms with Gasteiger partial charge < -0.3 is 4.74 Å². The van der Waals surface area contributed by atoms with E-state index in [-0.39, 0.29) is 12.0 Å². The Morgan fingerprint density at radius 3 is 3.04 bits per heavy atom. The molecule has 1 aromatic carbocycles. The topological polar surface area (TPSA) is 81.9 Å². The fourth-order valence-electron chi connectivity index (χ4n) is 2.82. The van der Waals surface area contributed by atoms with Crippen molar-refractivity contribution in [2.75, 3.05) is 11.9 Å². The molecule has 134 valence electrons. The zero-order valence-corrected chi connectivity index (χ0v) is 15.5. The van der Waals surface area contributed by atoms with Crippen molar-refractivity contribution in [1.82, 2.24) is 20.0 Å². The molecule has 1 aliphatic heterocycles. The molecule has 3 heterocycles. The van der Waals surface area contributed by atoms with Gasteiger partial charge in [-0.2, -0.15) is 5.10 Å². The molecule has 0 aliphatic carbocycles. The molecule has 26 heavy (non-hydrogen) atoms. The van der Waals surface area contributed by atoms with Crippen molar-refractivity contribution >= 4 is 34.0 Å². The number of nitrogens with zero attached hydrogens (tertiary/aromatic N) is 4. The predicted octanol–water partition coefficient (Wildman–Crippen LogP) is 3.70. The van der Waals surface area contributed by atoms with Gasteiger partial charge in [0.1, 0.15) is 16.8 Å². The number of aromatic nitrogens is 4. The normalized spacial score (nSPS) is 16.8. The van der Waals surface area contributed by atoms with Crippen LogP contribution >= 0.6 is 22.9 Å². The standard InChI is InChI=1S/C17H16ClN5O2S/c1-23-13(9-12(22-23)10-4-2-5-11(18)8-10)15(24)19-17-21-20-16(26-17)14-6-3-7-25-14/h2,4-5,8-9,14H,3,6-7H2,1H3,(H,19,21,24)/t14-/m0/s1. The van der Waals surface area contributed by atoms with Gasteiger partial charge in [0.05, 0.1) is 5.69 Å². The fourth-order valence-corrected chi connectivity index (χ4v) is 3.83. The molecule has 1 N–H and O–H groups in total. The van der Waals surface area contributed by atoms with E-state index >= 15 is 0 Å². The van der Waals surface area contributed by atoms with Gasteiger partial charge in [-0.05, 0) is 31.0 Å². The zero-order valence-electron chi connectivity index (χ0n) is 14.0. The number of benzene rings is 1. The Hall–Kier alpha value is -2.29. The van der Waals surface area contributed by atoms with Crippen LogP contribution in [0, 0.1) is 0 Å². The van der Waals surface area contributed by atoms with Gasteiger partial charge >= 0.3 is 0 Å². The number of amides is 1. The molecule has 1 amide bonds. The Morgan fingerprint density at radius 2 is 2.27 bits per heavy atom. The fraction of sp³-hybridized carbons (Fsp3) is 0.294. The predicted molar refractivity (Wildman–Crippen MR) is 99.4 cm³/mol. The number of hydrogen-bond acceptors (Lipinski definition) is 6. The van der Waals surface area contributed by atoms with Crippen molar-refractivity contribution in [3.8, 4) is 11.3 Å². The summed E-state index contributed by atoms with van der Waals surface area (Å²) in [5.41, 5.74) is 1.95. The average molecular weight is 390 g/mol. The third-order valence-electron chi connectivity index (χ3n) is 4.10. The second-order valence-electron chi connectivity index (χ2n) is 5.95. The number of carbonyl (C=O) groups excluding carboxylic acids is 1. The first-order valence-electron chi connectivity index (χ1n) is 8.16. The number of carbonyl (C=O) groups is 1. The molecule has 1 atom stereocenters. The number of halogens is 1. The molecule has 2 aromatic heterocycles.